The average Bonchev–Trinajstić information content (AvgIpc) is 2.65. The minimum atomic E-state index is -0.0916. The van der Waals surface area contributed by atoms with Gasteiger partial charge in [-0.15, -0.1) is 0 Å². The van der Waals surface area contributed by atoms with Crippen molar-refractivity contribution in [2.75, 3.05) is 12.3 Å². The lowest BCUT2D eigenvalue weighted by Crippen LogP contribution is -2.44. The summed E-state index contributed by atoms with van der Waals surface area (Å²) in [4.78, 5) is 32.4. The van der Waals surface area contributed by atoms with Crippen LogP contribution in [-0.4, -0.2) is 38.7 Å². The van der Waals surface area contributed by atoms with Gasteiger partial charge in [0.15, 0.2) is 5.16 Å². The number of carbonyl (C=O) groups excluding carboxylic acids is 1. The molecule has 27 heavy (non-hydrogen) atoms. The van der Waals surface area contributed by atoms with Gasteiger partial charge < -0.3 is 4.90 Å². The van der Waals surface area contributed by atoms with Crippen molar-refractivity contribution in [3.05, 3.63) is 33.6 Å². The van der Waals surface area contributed by atoms with Crippen molar-refractivity contribution in [1.82, 2.24) is 14.5 Å². The van der Waals surface area contributed by atoms with Crippen LogP contribution in [0.25, 0.3) is 10.9 Å². The van der Waals surface area contributed by atoms with Gasteiger partial charge >= 0.3 is 0 Å². The van der Waals surface area contributed by atoms with Crippen LogP contribution in [0.15, 0.2) is 28.2 Å². The summed E-state index contributed by atoms with van der Waals surface area (Å²) in [5, 5.41) is 1.66. The van der Waals surface area contributed by atoms with E-state index in [2.05, 4.69) is 11.9 Å². The maximum Gasteiger partial charge on any atom is 0.262 e. The summed E-state index contributed by atoms with van der Waals surface area (Å²) in [6.45, 7) is 6.87. The molecule has 3 rings (SSSR count). The second kappa shape index (κ2) is 8.65. The van der Waals surface area contributed by atoms with Crippen LogP contribution in [0.4, 0.5) is 0 Å². The van der Waals surface area contributed by atoms with Crippen LogP contribution in [-0.2, 0) is 4.79 Å². The van der Waals surface area contributed by atoms with Crippen molar-refractivity contribution in [1.29, 1.82) is 0 Å². The molecule has 0 aliphatic carbocycles. The quantitative estimate of drug-likeness (QED) is 0.540. The van der Waals surface area contributed by atoms with Crippen molar-refractivity contribution in [3.63, 3.8) is 0 Å². The van der Waals surface area contributed by atoms with E-state index < -0.39 is 0 Å². The minimum Gasteiger partial charge on any atom is -0.339 e. The molecule has 0 N–H and O–H groups in total. The molecule has 0 bridgehead atoms. The highest BCUT2D eigenvalue weighted by atomic mass is 35.5. The summed E-state index contributed by atoms with van der Waals surface area (Å²) in [6, 6.07) is 5.41. The minimum absolute atomic E-state index is 0.0407. The first-order valence-corrected chi connectivity index (χ1v) is 10.9. The van der Waals surface area contributed by atoms with Gasteiger partial charge in [0.1, 0.15) is 0 Å². The average molecular weight is 408 g/mol. The van der Waals surface area contributed by atoms with Gasteiger partial charge in [-0.05, 0) is 57.7 Å². The summed E-state index contributed by atoms with van der Waals surface area (Å²) in [5.74, 6) is 0.421. The van der Waals surface area contributed by atoms with Crippen molar-refractivity contribution in [3.8, 4) is 0 Å². The number of halogens is 1. The van der Waals surface area contributed by atoms with E-state index in [4.69, 9.17) is 11.6 Å². The van der Waals surface area contributed by atoms with E-state index in [9.17, 15) is 9.59 Å². The first-order valence-electron chi connectivity index (χ1n) is 9.56. The Morgan fingerprint density at radius 1 is 1.37 bits per heavy atom. The molecule has 5 nitrogen and oxygen atoms in total. The molecule has 1 aromatic heterocycles. The first-order chi connectivity index (χ1) is 12.9. The number of thioether (sulfide) groups is 1. The summed E-state index contributed by atoms with van der Waals surface area (Å²) in [5.41, 5.74) is 0.481. The molecule has 1 aliphatic heterocycles. The number of benzene rings is 1. The lowest BCUT2D eigenvalue weighted by atomic mass is 10.0. The lowest BCUT2D eigenvalue weighted by molar-refractivity contribution is -0.132. The smallest absolute Gasteiger partial charge is 0.262 e. The van der Waals surface area contributed by atoms with Crippen molar-refractivity contribution < 1.29 is 4.79 Å². The Kier molecular flexibility index (Phi) is 6.48. The fourth-order valence-corrected chi connectivity index (χ4v) is 4.85. The Labute approximate surface area is 169 Å². The third-order valence-electron chi connectivity index (χ3n) is 5.09. The number of piperidine rings is 1. The van der Waals surface area contributed by atoms with E-state index in [0.717, 1.165) is 25.8 Å². The molecule has 1 atom stereocenters. The molecule has 1 saturated heterocycles. The van der Waals surface area contributed by atoms with Crippen molar-refractivity contribution in [2.45, 2.75) is 63.7 Å². The molecular formula is C20H26ClN3O2S. The van der Waals surface area contributed by atoms with Crippen LogP contribution < -0.4 is 5.56 Å². The molecule has 2 heterocycles. The molecule has 0 radical (unpaired) electrons. The lowest BCUT2D eigenvalue weighted by Gasteiger charge is -2.35. The van der Waals surface area contributed by atoms with E-state index in [0.29, 0.717) is 32.9 Å². The summed E-state index contributed by atoms with van der Waals surface area (Å²) >= 11 is 7.41. The van der Waals surface area contributed by atoms with E-state index in [1.54, 1.807) is 22.8 Å². The zero-order valence-electron chi connectivity index (χ0n) is 16.1. The van der Waals surface area contributed by atoms with Crippen LogP contribution in [0.2, 0.25) is 5.02 Å². The third-order valence-corrected chi connectivity index (χ3v) is 6.26. The van der Waals surface area contributed by atoms with E-state index in [-0.39, 0.29) is 17.5 Å². The van der Waals surface area contributed by atoms with E-state index >= 15 is 0 Å². The highest BCUT2D eigenvalue weighted by molar-refractivity contribution is 7.99. The summed E-state index contributed by atoms with van der Waals surface area (Å²) in [7, 11) is 0. The number of rotatable bonds is 5. The topological polar surface area (TPSA) is 55.2 Å². The zero-order chi connectivity index (χ0) is 19.6. The highest BCUT2D eigenvalue weighted by Gasteiger charge is 2.26. The number of aromatic nitrogens is 2. The molecule has 7 heteroatoms. The molecular weight excluding hydrogens is 382 g/mol. The number of hydrogen-bond donors (Lipinski definition) is 0. The van der Waals surface area contributed by atoms with Gasteiger partial charge in [-0.2, -0.15) is 0 Å². The number of carbonyl (C=O) groups is 1. The molecule has 0 spiro atoms. The Morgan fingerprint density at radius 3 is 2.85 bits per heavy atom. The molecule has 146 valence electrons. The number of fused-ring (bicyclic) bond motifs is 1. The van der Waals surface area contributed by atoms with Crippen molar-refractivity contribution in [2.24, 2.45) is 0 Å². The van der Waals surface area contributed by atoms with Gasteiger partial charge in [-0.25, -0.2) is 4.98 Å². The normalized spacial score (nSPS) is 17.7. The summed E-state index contributed by atoms with van der Waals surface area (Å²) < 4.78 is 1.67. The maximum absolute atomic E-state index is 12.9. The molecule has 1 aromatic carbocycles. The number of nitrogens with zero attached hydrogens (tertiary/aromatic N) is 3. The van der Waals surface area contributed by atoms with Gasteiger partial charge in [-0.3, -0.25) is 14.2 Å². The third kappa shape index (κ3) is 4.32. The molecule has 1 aliphatic rings. The van der Waals surface area contributed by atoms with Gasteiger partial charge in [-0.1, -0.05) is 30.3 Å². The van der Waals surface area contributed by atoms with Crippen LogP contribution in [0.1, 0.15) is 52.5 Å². The molecule has 0 saturated carbocycles. The molecule has 1 fully saturated rings. The Morgan fingerprint density at radius 2 is 2.15 bits per heavy atom. The number of hydrogen-bond acceptors (Lipinski definition) is 4. The number of likely N-dealkylation sites (tertiary alicyclic amines) is 1. The Hall–Kier alpha value is -1.53. The predicted molar refractivity (Wildman–Crippen MR) is 112 cm³/mol. The standard InChI is InChI=1S/C20H26ClN3O2S/c1-4-15-7-5-6-10-23(15)18(25)12-27-20-22-17-11-14(21)8-9-16(17)19(26)24(20)13(2)3/h8-9,11,13,15H,4-7,10,12H2,1-3H3/t15-/m0/s1. The van der Waals surface area contributed by atoms with E-state index in [1.165, 1.54) is 18.2 Å². The van der Waals surface area contributed by atoms with Gasteiger partial charge in [0, 0.05) is 23.7 Å². The number of amides is 1. The molecule has 0 unspecified atom stereocenters. The van der Waals surface area contributed by atoms with Crippen molar-refractivity contribution >= 4 is 40.2 Å². The Bertz CT molecular complexity index is 897. The monoisotopic (exact) mass is 407 g/mol. The fraction of sp³-hybridized carbons (Fsp3) is 0.550. The van der Waals surface area contributed by atoms with Crippen LogP contribution in [0.3, 0.4) is 0 Å². The van der Waals surface area contributed by atoms with E-state index in [1.807, 2.05) is 18.7 Å². The Balaban J connectivity index is 1.88. The van der Waals surface area contributed by atoms with Crippen LogP contribution >= 0.6 is 23.4 Å². The van der Waals surface area contributed by atoms with Gasteiger partial charge in [0.25, 0.3) is 5.56 Å². The SMILES string of the molecule is CC[C@H]1CCCCN1C(=O)CSc1nc2cc(Cl)ccc2c(=O)n1C(C)C. The van der Waals surface area contributed by atoms with Crippen LogP contribution in [0, 0.1) is 0 Å². The van der Waals surface area contributed by atoms with Crippen LogP contribution in [0.5, 0.6) is 0 Å². The largest absolute Gasteiger partial charge is 0.339 e. The first kappa shape index (κ1) is 20.2. The second-order valence-corrected chi connectivity index (χ2v) is 8.64. The molecule has 1 amide bonds. The predicted octanol–water partition coefficient (Wildman–Crippen LogP) is 4.51. The maximum atomic E-state index is 12.9. The fourth-order valence-electron chi connectivity index (χ4n) is 3.67. The second-order valence-electron chi connectivity index (χ2n) is 7.26. The highest BCUT2D eigenvalue weighted by Crippen LogP contribution is 2.25. The van der Waals surface area contributed by atoms with Gasteiger partial charge in [0.2, 0.25) is 5.91 Å². The van der Waals surface area contributed by atoms with Gasteiger partial charge in [0.05, 0.1) is 16.7 Å². The summed E-state index contributed by atoms with van der Waals surface area (Å²) in [6.07, 6.45) is 4.32. The zero-order valence-corrected chi connectivity index (χ0v) is 17.6. The molecule has 2 aromatic rings.